The molecule has 0 saturated carbocycles. The number of hydrogen-bond donors (Lipinski definition) is 2. The molecule has 1 amide bonds. The van der Waals surface area contributed by atoms with Crippen molar-refractivity contribution in [3.63, 3.8) is 0 Å². The molecule has 2 unspecified atom stereocenters. The number of nitrogens with one attached hydrogen (secondary N) is 2. The summed E-state index contributed by atoms with van der Waals surface area (Å²) >= 11 is 0. The number of rotatable bonds is 7. The molecule has 0 radical (unpaired) electrons. The van der Waals surface area contributed by atoms with Gasteiger partial charge >= 0.3 is 0 Å². The Bertz CT molecular complexity index is 200. The average molecular weight is 226 g/mol. The fourth-order valence-corrected chi connectivity index (χ4v) is 2.26. The molecular weight excluding hydrogens is 200 g/mol. The van der Waals surface area contributed by atoms with Crippen LogP contribution in [0.5, 0.6) is 0 Å². The van der Waals surface area contributed by atoms with Gasteiger partial charge in [0.1, 0.15) is 0 Å². The van der Waals surface area contributed by atoms with E-state index in [9.17, 15) is 4.79 Å². The molecule has 1 heterocycles. The van der Waals surface area contributed by atoms with Crippen LogP contribution in [0.4, 0.5) is 0 Å². The lowest BCUT2D eigenvalue weighted by atomic mass is 10.0. The predicted octanol–water partition coefficient (Wildman–Crippen LogP) is 2.07. The van der Waals surface area contributed by atoms with Crippen LogP contribution in [0.3, 0.4) is 0 Å². The summed E-state index contributed by atoms with van der Waals surface area (Å²) in [4.78, 5) is 11.7. The molecule has 1 fully saturated rings. The first-order chi connectivity index (χ1) is 7.72. The van der Waals surface area contributed by atoms with Gasteiger partial charge in [-0.05, 0) is 38.8 Å². The molecule has 0 aromatic heterocycles. The quantitative estimate of drug-likeness (QED) is 0.653. The number of carbonyl (C=O) groups is 1. The summed E-state index contributed by atoms with van der Waals surface area (Å²) < 4.78 is 0. The third-order valence-electron chi connectivity index (χ3n) is 3.28. The van der Waals surface area contributed by atoms with E-state index >= 15 is 0 Å². The molecule has 0 aromatic carbocycles. The van der Waals surface area contributed by atoms with Crippen molar-refractivity contribution in [3.8, 4) is 0 Å². The summed E-state index contributed by atoms with van der Waals surface area (Å²) in [6.45, 7) is 6.40. The SMILES string of the molecule is CCCCCC(C)NC(=O)CC1CCNC1. The molecular formula is C13H26N2O. The zero-order valence-electron chi connectivity index (χ0n) is 10.7. The Balaban J connectivity index is 2.07. The first-order valence-corrected chi connectivity index (χ1v) is 6.72. The molecule has 3 nitrogen and oxygen atoms in total. The number of unbranched alkanes of at least 4 members (excludes halogenated alkanes) is 2. The normalized spacial score (nSPS) is 22.0. The molecule has 2 N–H and O–H groups in total. The van der Waals surface area contributed by atoms with Crippen LogP contribution in [0.2, 0.25) is 0 Å². The number of amides is 1. The molecule has 0 aromatic rings. The molecule has 0 spiro atoms. The van der Waals surface area contributed by atoms with Crippen LogP contribution < -0.4 is 10.6 Å². The highest BCUT2D eigenvalue weighted by Crippen LogP contribution is 2.12. The van der Waals surface area contributed by atoms with Crippen molar-refractivity contribution in [1.29, 1.82) is 0 Å². The Morgan fingerprint density at radius 2 is 2.31 bits per heavy atom. The Morgan fingerprint density at radius 1 is 1.50 bits per heavy atom. The maximum atomic E-state index is 11.7. The second-order valence-electron chi connectivity index (χ2n) is 5.03. The highest BCUT2D eigenvalue weighted by Gasteiger charge is 2.18. The van der Waals surface area contributed by atoms with Crippen LogP contribution in [-0.4, -0.2) is 25.0 Å². The largest absolute Gasteiger partial charge is 0.354 e. The van der Waals surface area contributed by atoms with Gasteiger partial charge in [0.25, 0.3) is 0 Å². The summed E-state index contributed by atoms with van der Waals surface area (Å²) in [5.41, 5.74) is 0. The molecule has 1 aliphatic heterocycles. The summed E-state index contributed by atoms with van der Waals surface area (Å²) in [6, 6.07) is 0.341. The molecule has 94 valence electrons. The zero-order valence-corrected chi connectivity index (χ0v) is 10.7. The van der Waals surface area contributed by atoms with Crippen molar-refractivity contribution in [2.45, 2.75) is 58.4 Å². The second kappa shape index (κ2) is 7.66. The van der Waals surface area contributed by atoms with E-state index in [1.54, 1.807) is 0 Å². The van der Waals surface area contributed by atoms with Crippen LogP contribution in [0.25, 0.3) is 0 Å². The predicted molar refractivity (Wildman–Crippen MR) is 67.3 cm³/mol. The zero-order chi connectivity index (χ0) is 11.8. The lowest BCUT2D eigenvalue weighted by molar-refractivity contribution is -0.122. The van der Waals surface area contributed by atoms with Crippen LogP contribution in [0.15, 0.2) is 0 Å². The van der Waals surface area contributed by atoms with E-state index in [1.165, 1.54) is 19.3 Å². The lowest BCUT2D eigenvalue weighted by Crippen LogP contribution is -2.33. The number of hydrogen-bond acceptors (Lipinski definition) is 2. The van der Waals surface area contributed by atoms with Gasteiger partial charge in [-0.25, -0.2) is 0 Å². The maximum absolute atomic E-state index is 11.7. The van der Waals surface area contributed by atoms with Gasteiger partial charge in [0.05, 0.1) is 0 Å². The minimum Gasteiger partial charge on any atom is -0.354 e. The summed E-state index contributed by atoms with van der Waals surface area (Å²) in [5.74, 6) is 0.792. The third-order valence-corrected chi connectivity index (χ3v) is 3.28. The van der Waals surface area contributed by atoms with Crippen molar-refractivity contribution in [2.75, 3.05) is 13.1 Å². The second-order valence-corrected chi connectivity index (χ2v) is 5.03. The number of carbonyl (C=O) groups excluding carboxylic acids is 1. The Morgan fingerprint density at radius 3 is 2.94 bits per heavy atom. The fourth-order valence-electron chi connectivity index (χ4n) is 2.26. The van der Waals surface area contributed by atoms with Gasteiger partial charge in [-0.1, -0.05) is 26.2 Å². The van der Waals surface area contributed by atoms with Gasteiger partial charge in [0.15, 0.2) is 0 Å². The van der Waals surface area contributed by atoms with E-state index in [1.807, 2.05) is 0 Å². The van der Waals surface area contributed by atoms with Gasteiger partial charge < -0.3 is 10.6 Å². The summed E-state index contributed by atoms with van der Waals surface area (Å²) in [7, 11) is 0. The van der Waals surface area contributed by atoms with Gasteiger partial charge in [0.2, 0.25) is 5.91 Å². The first-order valence-electron chi connectivity index (χ1n) is 6.72. The highest BCUT2D eigenvalue weighted by atomic mass is 16.1. The molecule has 0 bridgehead atoms. The van der Waals surface area contributed by atoms with Crippen molar-refractivity contribution < 1.29 is 4.79 Å². The minimum absolute atomic E-state index is 0.234. The fraction of sp³-hybridized carbons (Fsp3) is 0.923. The third kappa shape index (κ3) is 5.50. The van der Waals surface area contributed by atoms with E-state index < -0.39 is 0 Å². The standard InChI is InChI=1S/C13H26N2O/c1-3-4-5-6-11(2)15-13(16)9-12-7-8-14-10-12/h11-12,14H,3-10H2,1-2H3,(H,15,16). The van der Waals surface area contributed by atoms with Gasteiger partial charge in [-0.2, -0.15) is 0 Å². The summed E-state index contributed by atoms with van der Waals surface area (Å²) in [5, 5.41) is 6.39. The van der Waals surface area contributed by atoms with E-state index in [4.69, 9.17) is 0 Å². The Hall–Kier alpha value is -0.570. The molecule has 1 aliphatic rings. The average Bonchev–Trinajstić information content (AvgIpc) is 2.70. The first kappa shape index (κ1) is 13.5. The van der Waals surface area contributed by atoms with E-state index in [-0.39, 0.29) is 5.91 Å². The van der Waals surface area contributed by atoms with Gasteiger partial charge in [-0.3, -0.25) is 4.79 Å². The monoisotopic (exact) mass is 226 g/mol. The van der Waals surface area contributed by atoms with Gasteiger partial charge in [0, 0.05) is 12.5 Å². The van der Waals surface area contributed by atoms with Crippen LogP contribution in [0.1, 0.15) is 52.4 Å². The molecule has 16 heavy (non-hydrogen) atoms. The molecule has 3 heteroatoms. The topological polar surface area (TPSA) is 41.1 Å². The summed E-state index contributed by atoms with van der Waals surface area (Å²) in [6.07, 6.45) is 6.70. The van der Waals surface area contributed by atoms with Gasteiger partial charge in [-0.15, -0.1) is 0 Å². The van der Waals surface area contributed by atoms with Crippen molar-refractivity contribution >= 4 is 5.91 Å². The van der Waals surface area contributed by atoms with E-state index in [2.05, 4.69) is 24.5 Å². The molecule has 0 aliphatic carbocycles. The minimum atomic E-state index is 0.234. The Kier molecular flexibility index (Phi) is 6.46. The highest BCUT2D eigenvalue weighted by molar-refractivity contribution is 5.76. The lowest BCUT2D eigenvalue weighted by Gasteiger charge is -2.15. The molecule has 1 rings (SSSR count). The van der Waals surface area contributed by atoms with E-state index in [0.717, 1.165) is 25.9 Å². The maximum Gasteiger partial charge on any atom is 0.220 e. The van der Waals surface area contributed by atoms with Crippen molar-refractivity contribution in [3.05, 3.63) is 0 Å². The molecule has 2 atom stereocenters. The smallest absolute Gasteiger partial charge is 0.220 e. The molecule has 1 saturated heterocycles. The van der Waals surface area contributed by atoms with Crippen LogP contribution >= 0.6 is 0 Å². The Labute approximate surface area is 99.4 Å². The van der Waals surface area contributed by atoms with Crippen LogP contribution in [0, 0.1) is 5.92 Å². The van der Waals surface area contributed by atoms with E-state index in [0.29, 0.717) is 18.4 Å². The van der Waals surface area contributed by atoms with Crippen molar-refractivity contribution in [1.82, 2.24) is 10.6 Å². The van der Waals surface area contributed by atoms with Crippen LogP contribution in [-0.2, 0) is 4.79 Å². The van der Waals surface area contributed by atoms with Crippen molar-refractivity contribution in [2.24, 2.45) is 5.92 Å².